The van der Waals surface area contributed by atoms with Gasteiger partial charge in [-0.05, 0) is 72.1 Å². The molecular formula is C30H23ClFN3O3. The smallest absolute Gasteiger partial charge is 0.326 e. The number of carbonyl (C=O) groups excluding carboxylic acids is 1. The minimum absolute atomic E-state index is 0.0515. The fourth-order valence-electron chi connectivity index (χ4n) is 4.40. The highest BCUT2D eigenvalue weighted by molar-refractivity contribution is 6.31. The number of nitrogens with zero attached hydrogens (tertiary/aromatic N) is 2. The molecule has 6 nitrogen and oxygen atoms in total. The Morgan fingerprint density at radius 2 is 1.68 bits per heavy atom. The third-order valence-electron chi connectivity index (χ3n) is 6.26. The number of fused-ring (bicyclic) bond motifs is 1. The van der Waals surface area contributed by atoms with E-state index in [-0.39, 0.29) is 23.9 Å². The summed E-state index contributed by atoms with van der Waals surface area (Å²) in [7, 11) is 0. The Hall–Kier alpha value is -4.49. The van der Waals surface area contributed by atoms with E-state index in [0.717, 1.165) is 21.4 Å². The van der Waals surface area contributed by atoms with Crippen molar-refractivity contribution < 1.29 is 9.18 Å². The van der Waals surface area contributed by atoms with Gasteiger partial charge in [0.25, 0.3) is 5.56 Å². The predicted octanol–water partition coefficient (Wildman–Crippen LogP) is 5.48. The van der Waals surface area contributed by atoms with E-state index < -0.39 is 17.1 Å². The summed E-state index contributed by atoms with van der Waals surface area (Å²) in [5.41, 5.74) is 2.83. The van der Waals surface area contributed by atoms with E-state index >= 15 is 0 Å². The number of aryl methyl sites for hydroxylation is 1. The Kier molecular flexibility index (Phi) is 6.94. The molecule has 0 aliphatic rings. The van der Waals surface area contributed by atoms with Gasteiger partial charge in [-0.2, -0.15) is 0 Å². The van der Waals surface area contributed by atoms with E-state index in [4.69, 9.17) is 11.6 Å². The zero-order valence-corrected chi connectivity index (χ0v) is 21.2. The van der Waals surface area contributed by atoms with Crippen molar-refractivity contribution in [2.75, 3.05) is 5.32 Å². The summed E-state index contributed by atoms with van der Waals surface area (Å²) in [6.45, 7) is 2.00. The molecule has 1 aromatic heterocycles. The molecule has 4 aromatic carbocycles. The molecule has 0 spiro atoms. The van der Waals surface area contributed by atoms with Crippen LogP contribution in [-0.2, 0) is 17.8 Å². The van der Waals surface area contributed by atoms with E-state index in [0.29, 0.717) is 22.2 Å². The lowest BCUT2D eigenvalue weighted by atomic mass is 10.1. The third-order valence-corrected chi connectivity index (χ3v) is 6.61. The van der Waals surface area contributed by atoms with Gasteiger partial charge < -0.3 is 5.32 Å². The van der Waals surface area contributed by atoms with E-state index in [1.54, 1.807) is 48.5 Å². The number of carbonyl (C=O) groups is 1. The van der Waals surface area contributed by atoms with Crippen LogP contribution in [0.25, 0.3) is 16.6 Å². The summed E-state index contributed by atoms with van der Waals surface area (Å²) in [4.78, 5) is 39.5. The third kappa shape index (κ3) is 5.14. The van der Waals surface area contributed by atoms with Crippen molar-refractivity contribution >= 4 is 34.1 Å². The largest absolute Gasteiger partial charge is 0.336 e. The molecule has 0 atom stereocenters. The summed E-state index contributed by atoms with van der Waals surface area (Å²) in [6.07, 6.45) is 0.133. The fourth-order valence-corrected chi connectivity index (χ4v) is 4.62. The number of rotatable bonds is 6. The number of halogens is 2. The average Bonchev–Trinajstić information content (AvgIpc) is 2.89. The molecule has 0 aliphatic carbocycles. The van der Waals surface area contributed by atoms with E-state index in [2.05, 4.69) is 5.32 Å². The Bertz CT molecular complexity index is 1790. The monoisotopic (exact) mass is 527 g/mol. The number of benzene rings is 4. The first kappa shape index (κ1) is 25.2. The summed E-state index contributed by atoms with van der Waals surface area (Å²) in [5, 5.41) is 3.41. The van der Waals surface area contributed by atoms with Gasteiger partial charge in [-0.15, -0.1) is 0 Å². The number of anilines is 1. The molecule has 0 unspecified atom stereocenters. The maximum atomic E-state index is 13.6. The van der Waals surface area contributed by atoms with E-state index in [1.165, 1.54) is 22.8 Å². The normalized spacial score (nSPS) is 11.0. The molecule has 38 heavy (non-hydrogen) atoms. The molecule has 8 heteroatoms. The molecule has 0 saturated carbocycles. The van der Waals surface area contributed by atoms with Crippen molar-refractivity contribution in [3.05, 3.63) is 139 Å². The van der Waals surface area contributed by atoms with Crippen LogP contribution in [0.2, 0.25) is 5.02 Å². The van der Waals surface area contributed by atoms with Crippen molar-refractivity contribution in [1.82, 2.24) is 9.13 Å². The molecule has 0 radical (unpaired) electrons. The lowest BCUT2D eigenvalue weighted by Crippen LogP contribution is -2.39. The van der Waals surface area contributed by atoms with Gasteiger partial charge in [-0.1, -0.05) is 54.1 Å². The SMILES string of the molecule is Cc1cccc(NC(=O)Cc2ccc(-n3c(=O)c4ccccc4n(Cc4ccc(F)cc4Cl)c3=O)cc2)c1. The van der Waals surface area contributed by atoms with E-state index in [1.807, 2.05) is 31.2 Å². The second-order valence-electron chi connectivity index (χ2n) is 9.02. The van der Waals surface area contributed by atoms with Crippen LogP contribution in [0.5, 0.6) is 0 Å². The topological polar surface area (TPSA) is 73.1 Å². The predicted molar refractivity (Wildman–Crippen MR) is 148 cm³/mol. The molecular weight excluding hydrogens is 505 g/mol. The van der Waals surface area contributed by atoms with Crippen LogP contribution in [0.4, 0.5) is 10.1 Å². The Balaban J connectivity index is 1.49. The van der Waals surface area contributed by atoms with Crippen LogP contribution in [-0.4, -0.2) is 15.0 Å². The lowest BCUT2D eigenvalue weighted by molar-refractivity contribution is -0.115. The highest BCUT2D eigenvalue weighted by Crippen LogP contribution is 2.20. The molecule has 1 amide bonds. The number of amides is 1. The maximum Gasteiger partial charge on any atom is 0.336 e. The molecule has 5 aromatic rings. The van der Waals surface area contributed by atoms with Gasteiger partial charge in [-0.25, -0.2) is 13.8 Å². The van der Waals surface area contributed by atoms with Crippen molar-refractivity contribution in [3.8, 4) is 5.69 Å². The highest BCUT2D eigenvalue weighted by atomic mass is 35.5. The van der Waals surface area contributed by atoms with Crippen molar-refractivity contribution in [2.24, 2.45) is 0 Å². The number of nitrogens with one attached hydrogen (secondary N) is 1. The second-order valence-corrected chi connectivity index (χ2v) is 9.43. The summed E-state index contributed by atoms with van der Waals surface area (Å²) < 4.78 is 16.1. The number of hydrogen-bond acceptors (Lipinski definition) is 3. The van der Waals surface area contributed by atoms with Crippen LogP contribution in [0.3, 0.4) is 0 Å². The molecule has 1 N–H and O–H groups in total. The minimum atomic E-state index is -0.556. The molecule has 0 bridgehead atoms. The Labute approximate surface area is 222 Å². The van der Waals surface area contributed by atoms with Crippen LogP contribution in [0.15, 0.2) is 101 Å². The average molecular weight is 528 g/mol. The first-order valence-electron chi connectivity index (χ1n) is 11.9. The maximum absolute atomic E-state index is 13.6. The van der Waals surface area contributed by atoms with Gasteiger partial charge in [0.1, 0.15) is 5.82 Å². The van der Waals surface area contributed by atoms with Gasteiger partial charge in [0, 0.05) is 10.7 Å². The van der Waals surface area contributed by atoms with Gasteiger partial charge >= 0.3 is 5.69 Å². The van der Waals surface area contributed by atoms with Crippen LogP contribution < -0.4 is 16.6 Å². The van der Waals surface area contributed by atoms with Crippen molar-refractivity contribution in [1.29, 1.82) is 0 Å². The second kappa shape index (κ2) is 10.5. The standard InChI is InChI=1S/C30H23ClFN3O3/c1-19-5-4-6-23(15-19)33-28(36)16-20-9-13-24(14-10-20)35-29(37)25-7-2-3-8-27(25)34(30(35)38)18-21-11-12-22(32)17-26(21)31/h2-15,17H,16,18H2,1H3,(H,33,36). The highest BCUT2D eigenvalue weighted by Gasteiger charge is 2.16. The molecule has 0 saturated heterocycles. The quantitative estimate of drug-likeness (QED) is 0.318. The molecule has 0 fully saturated rings. The van der Waals surface area contributed by atoms with Gasteiger partial charge in [0.05, 0.1) is 29.6 Å². The van der Waals surface area contributed by atoms with Crippen LogP contribution in [0, 0.1) is 12.7 Å². The van der Waals surface area contributed by atoms with Gasteiger partial charge in [-0.3, -0.25) is 14.2 Å². The number of hydrogen-bond donors (Lipinski definition) is 1. The first-order valence-corrected chi connectivity index (χ1v) is 12.3. The van der Waals surface area contributed by atoms with E-state index in [9.17, 15) is 18.8 Å². The van der Waals surface area contributed by atoms with Gasteiger partial charge in [0.15, 0.2) is 0 Å². The van der Waals surface area contributed by atoms with Crippen molar-refractivity contribution in [2.45, 2.75) is 19.9 Å². The van der Waals surface area contributed by atoms with Crippen molar-refractivity contribution in [3.63, 3.8) is 0 Å². The summed E-state index contributed by atoms with van der Waals surface area (Å²) >= 11 is 6.23. The number of aromatic nitrogens is 2. The number of para-hydroxylation sites is 1. The minimum Gasteiger partial charge on any atom is -0.326 e. The zero-order valence-electron chi connectivity index (χ0n) is 20.4. The lowest BCUT2D eigenvalue weighted by Gasteiger charge is -2.15. The summed E-state index contributed by atoms with van der Waals surface area (Å²) in [5.74, 6) is -0.654. The first-order chi connectivity index (χ1) is 18.3. The zero-order chi connectivity index (χ0) is 26.8. The molecule has 190 valence electrons. The Morgan fingerprint density at radius 3 is 2.42 bits per heavy atom. The van der Waals surface area contributed by atoms with Crippen LogP contribution in [0.1, 0.15) is 16.7 Å². The summed E-state index contributed by atoms with van der Waals surface area (Å²) in [6, 6.07) is 25.0. The van der Waals surface area contributed by atoms with Crippen LogP contribution >= 0.6 is 11.6 Å². The molecule has 0 aliphatic heterocycles. The molecule has 5 rings (SSSR count). The Morgan fingerprint density at radius 1 is 0.921 bits per heavy atom. The molecule has 1 heterocycles. The fraction of sp³-hybridized carbons (Fsp3) is 0.100. The van der Waals surface area contributed by atoms with Gasteiger partial charge in [0.2, 0.25) is 5.91 Å².